The van der Waals surface area contributed by atoms with Crippen molar-refractivity contribution in [3.63, 3.8) is 0 Å². The average Bonchev–Trinajstić information content (AvgIpc) is 3.45. The number of nitro groups is 1. The number of nitrogens with zero attached hydrogens (tertiary/aromatic N) is 6. The van der Waals surface area contributed by atoms with E-state index in [4.69, 9.17) is 10.00 Å². The lowest BCUT2D eigenvalue weighted by Crippen LogP contribution is -2.24. The highest BCUT2D eigenvalue weighted by atomic mass is 16.6. The van der Waals surface area contributed by atoms with Gasteiger partial charge in [-0.3, -0.25) is 14.9 Å². The number of amides is 1. The molecule has 0 spiro atoms. The van der Waals surface area contributed by atoms with Crippen LogP contribution in [0.2, 0.25) is 0 Å². The minimum absolute atomic E-state index is 0.00381. The first kappa shape index (κ1) is 29.4. The summed E-state index contributed by atoms with van der Waals surface area (Å²) in [5, 5.41) is 34.4. The highest BCUT2D eigenvalue weighted by Gasteiger charge is 2.18. The van der Waals surface area contributed by atoms with Gasteiger partial charge in [0.25, 0.3) is 11.6 Å². The molecule has 2 N–H and O–H groups in total. The quantitative estimate of drug-likeness (QED) is 0.150. The summed E-state index contributed by atoms with van der Waals surface area (Å²) in [5.74, 6) is 0.975. The number of nitro benzene ring substituents is 1. The molecule has 3 aromatic carbocycles. The fourth-order valence-corrected chi connectivity index (χ4v) is 4.69. The van der Waals surface area contributed by atoms with Gasteiger partial charge in [0.05, 0.1) is 35.8 Å². The second-order valence-corrected chi connectivity index (χ2v) is 10.2. The fraction of sp³-hybridized carbons (Fsp3) is 0.156. The largest absolute Gasteiger partial charge is 0.456 e. The lowest BCUT2D eigenvalue weighted by Gasteiger charge is -2.16. The van der Waals surface area contributed by atoms with E-state index >= 15 is 0 Å². The molecule has 5 aromatic rings. The monoisotopic (exact) mass is 588 g/mol. The summed E-state index contributed by atoms with van der Waals surface area (Å²) < 4.78 is 7.89. The topological polar surface area (TPSA) is 161 Å². The van der Waals surface area contributed by atoms with Crippen LogP contribution in [0.15, 0.2) is 79.1 Å². The van der Waals surface area contributed by atoms with Gasteiger partial charge in [-0.15, -0.1) is 5.10 Å². The average molecular weight is 589 g/mol. The molecule has 12 nitrogen and oxygen atoms in total. The van der Waals surface area contributed by atoms with Gasteiger partial charge in [0.2, 0.25) is 0 Å². The van der Waals surface area contributed by atoms with Crippen LogP contribution >= 0.6 is 0 Å². The lowest BCUT2D eigenvalue weighted by molar-refractivity contribution is -0.384. The molecule has 2 aromatic heterocycles. The van der Waals surface area contributed by atoms with Crippen LogP contribution in [0.1, 0.15) is 43.9 Å². The van der Waals surface area contributed by atoms with E-state index in [-0.39, 0.29) is 24.3 Å². The van der Waals surface area contributed by atoms with Crippen LogP contribution in [0.25, 0.3) is 0 Å². The van der Waals surface area contributed by atoms with Crippen molar-refractivity contribution in [2.45, 2.75) is 33.9 Å². The van der Waals surface area contributed by atoms with Crippen molar-refractivity contribution in [2.24, 2.45) is 0 Å². The standard InChI is InChI=1S/C32H28N8O4/c1-20-11-21(2)31(22(3)12-20)44-29-14-30(36-25-9-7-23(15-33)8-10-25)34-17-28(29)32(41)35-16-26-19-39(38-37-26)18-24-5-4-6-27(13-24)40(42)43/h4-14,17,19H,16,18H2,1-3H3,(H,34,36)(H,35,41). The molecule has 0 fully saturated rings. The van der Waals surface area contributed by atoms with Crippen LogP contribution in [-0.2, 0) is 13.1 Å². The van der Waals surface area contributed by atoms with Crippen molar-refractivity contribution in [2.75, 3.05) is 5.32 Å². The summed E-state index contributed by atoms with van der Waals surface area (Å²) in [4.78, 5) is 28.4. The Morgan fingerprint density at radius 2 is 1.82 bits per heavy atom. The maximum atomic E-state index is 13.4. The zero-order chi connectivity index (χ0) is 31.2. The Morgan fingerprint density at radius 1 is 1.07 bits per heavy atom. The Morgan fingerprint density at radius 3 is 2.52 bits per heavy atom. The van der Waals surface area contributed by atoms with E-state index in [1.807, 2.05) is 32.9 Å². The van der Waals surface area contributed by atoms with Crippen LogP contribution in [0, 0.1) is 42.2 Å². The molecule has 2 heterocycles. The Kier molecular flexibility index (Phi) is 8.57. The number of anilines is 2. The number of hydrogen-bond donors (Lipinski definition) is 2. The van der Waals surface area contributed by atoms with Gasteiger partial charge in [-0.25, -0.2) is 9.67 Å². The molecule has 0 saturated carbocycles. The molecule has 0 radical (unpaired) electrons. The number of benzene rings is 3. The molecule has 0 aliphatic rings. The van der Waals surface area contributed by atoms with E-state index in [9.17, 15) is 14.9 Å². The SMILES string of the molecule is Cc1cc(C)c(Oc2cc(Nc3ccc(C#N)cc3)ncc2C(=O)NCc2cn(Cc3cccc([N+](=O)[O-])c3)nn2)c(C)c1. The molecule has 220 valence electrons. The highest BCUT2D eigenvalue weighted by Crippen LogP contribution is 2.33. The number of pyridine rings is 1. The number of nitrogens with one attached hydrogen (secondary N) is 2. The summed E-state index contributed by atoms with van der Waals surface area (Å²) in [5.41, 5.74) is 5.62. The fourth-order valence-electron chi connectivity index (χ4n) is 4.69. The van der Waals surface area contributed by atoms with E-state index in [1.54, 1.807) is 53.3 Å². The van der Waals surface area contributed by atoms with Crippen molar-refractivity contribution >= 4 is 23.1 Å². The summed E-state index contributed by atoms with van der Waals surface area (Å²) in [6.45, 7) is 6.27. The minimum atomic E-state index is -0.449. The van der Waals surface area contributed by atoms with Crippen LogP contribution in [0.3, 0.4) is 0 Å². The predicted octanol–water partition coefficient (Wildman–Crippen LogP) is 5.89. The number of aryl methyl sites for hydroxylation is 3. The molecular weight excluding hydrogens is 560 g/mol. The normalized spacial score (nSPS) is 10.6. The number of ether oxygens (including phenoxy) is 1. The summed E-state index contributed by atoms with van der Waals surface area (Å²) in [6.07, 6.45) is 3.10. The molecule has 1 amide bonds. The van der Waals surface area contributed by atoms with Gasteiger partial charge in [0.15, 0.2) is 0 Å². The van der Waals surface area contributed by atoms with Gasteiger partial charge < -0.3 is 15.4 Å². The summed E-state index contributed by atoms with van der Waals surface area (Å²) >= 11 is 0. The minimum Gasteiger partial charge on any atom is -0.456 e. The van der Waals surface area contributed by atoms with E-state index in [0.29, 0.717) is 34.1 Å². The number of rotatable bonds is 10. The van der Waals surface area contributed by atoms with Gasteiger partial charge in [-0.2, -0.15) is 5.26 Å². The van der Waals surface area contributed by atoms with Gasteiger partial charge in [-0.1, -0.05) is 35.0 Å². The zero-order valence-electron chi connectivity index (χ0n) is 24.2. The molecule has 0 saturated heterocycles. The van der Waals surface area contributed by atoms with Crippen molar-refractivity contribution in [3.05, 3.63) is 128 Å². The Balaban J connectivity index is 1.34. The summed E-state index contributed by atoms with van der Waals surface area (Å²) in [6, 6.07) is 21.0. The number of aromatic nitrogens is 4. The predicted molar refractivity (Wildman–Crippen MR) is 163 cm³/mol. The number of hydrogen-bond acceptors (Lipinski definition) is 9. The van der Waals surface area contributed by atoms with Crippen LogP contribution in [-0.4, -0.2) is 30.8 Å². The third-order valence-corrected chi connectivity index (χ3v) is 6.70. The third kappa shape index (κ3) is 7.03. The molecule has 12 heteroatoms. The Labute approximate surface area is 253 Å². The van der Waals surface area contributed by atoms with Crippen molar-refractivity contribution in [3.8, 4) is 17.6 Å². The lowest BCUT2D eigenvalue weighted by atomic mass is 10.1. The van der Waals surface area contributed by atoms with Crippen LogP contribution in [0.4, 0.5) is 17.2 Å². The number of carbonyl (C=O) groups excluding carboxylic acids is 1. The van der Waals surface area contributed by atoms with Crippen molar-refractivity contribution < 1.29 is 14.5 Å². The molecule has 0 unspecified atom stereocenters. The molecular formula is C32H28N8O4. The highest BCUT2D eigenvalue weighted by molar-refractivity contribution is 5.97. The van der Waals surface area contributed by atoms with Crippen molar-refractivity contribution in [1.82, 2.24) is 25.3 Å². The summed E-state index contributed by atoms with van der Waals surface area (Å²) in [7, 11) is 0. The van der Waals surface area contributed by atoms with Crippen LogP contribution < -0.4 is 15.4 Å². The first-order valence-electron chi connectivity index (χ1n) is 13.6. The molecule has 0 aliphatic heterocycles. The maximum absolute atomic E-state index is 13.4. The third-order valence-electron chi connectivity index (χ3n) is 6.70. The molecule has 5 rings (SSSR count). The van der Waals surface area contributed by atoms with E-state index in [1.165, 1.54) is 18.3 Å². The number of non-ortho nitro benzene ring substituents is 1. The van der Waals surface area contributed by atoms with Gasteiger partial charge in [0, 0.05) is 30.1 Å². The molecule has 44 heavy (non-hydrogen) atoms. The first-order chi connectivity index (χ1) is 21.2. The second kappa shape index (κ2) is 12.8. The van der Waals surface area contributed by atoms with Crippen LogP contribution in [0.5, 0.6) is 11.5 Å². The van der Waals surface area contributed by atoms with Gasteiger partial charge >= 0.3 is 0 Å². The van der Waals surface area contributed by atoms with E-state index in [2.05, 4.69) is 32.0 Å². The van der Waals surface area contributed by atoms with Gasteiger partial charge in [-0.05, 0) is 61.7 Å². The first-order valence-corrected chi connectivity index (χ1v) is 13.6. The zero-order valence-corrected chi connectivity index (χ0v) is 24.2. The van der Waals surface area contributed by atoms with E-state index in [0.717, 1.165) is 22.4 Å². The van der Waals surface area contributed by atoms with Crippen molar-refractivity contribution in [1.29, 1.82) is 5.26 Å². The number of nitriles is 1. The maximum Gasteiger partial charge on any atom is 0.269 e. The second-order valence-electron chi connectivity index (χ2n) is 10.2. The van der Waals surface area contributed by atoms with Gasteiger partial charge in [0.1, 0.15) is 28.6 Å². The molecule has 0 atom stereocenters. The Bertz CT molecular complexity index is 1870. The molecule has 0 bridgehead atoms. The number of carbonyl (C=O) groups is 1. The van der Waals surface area contributed by atoms with E-state index < -0.39 is 10.8 Å². The smallest absolute Gasteiger partial charge is 0.269 e. The Hall–Kier alpha value is -6.09. The molecule has 0 aliphatic carbocycles.